The van der Waals surface area contributed by atoms with E-state index >= 15 is 0 Å². The van der Waals surface area contributed by atoms with Crippen molar-refractivity contribution < 1.29 is 0 Å². The van der Waals surface area contributed by atoms with E-state index in [4.69, 9.17) is 0 Å². The van der Waals surface area contributed by atoms with Crippen LogP contribution in [-0.2, 0) is 0 Å². The number of aryl methyl sites for hydroxylation is 1. The summed E-state index contributed by atoms with van der Waals surface area (Å²) in [6.07, 6.45) is 12.6. The third-order valence-electron chi connectivity index (χ3n) is 4.12. The van der Waals surface area contributed by atoms with Gasteiger partial charge < -0.3 is 4.90 Å². The highest BCUT2D eigenvalue weighted by atomic mass is 15.1. The van der Waals surface area contributed by atoms with Crippen LogP contribution in [0, 0.1) is 6.92 Å². The average Bonchev–Trinajstić information content (AvgIpc) is 2.46. The number of unbranched alkanes of at least 4 members (excludes halogenated alkanes) is 8. The first-order valence-electron chi connectivity index (χ1n) is 8.52. The van der Waals surface area contributed by atoms with Crippen LogP contribution < -0.4 is 4.90 Å². The van der Waals surface area contributed by atoms with E-state index < -0.39 is 0 Å². The molecule has 0 N–H and O–H groups in total. The summed E-state index contributed by atoms with van der Waals surface area (Å²) in [4.78, 5) is 2.40. The third kappa shape index (κ3) is 6.98. The van der Waals surface area contributed by atoms with E-state index in [1.54, 1.807) is 0 Å². The monoisotopic (exact) mass is 275 g/mol. The molecule has 0 aliphatic rings. The van der Waals surface area contributed by atoms with Crippen LogP contribution in [0.2, 0.25) is 0 Å². The zero-order chi connectivity index (χ0) is 14.6. The maximum Gasteiger partial charge on any atom is 0.0393 e. The van der Waals surface area contributed by atoms with Gasteiger partial charge in [-0.2, -0.15) is 0 Å². The zero-order valence-corrected chi connectivity index (χ0v) is 13.8. The summed E-state index contributed by atoms with van der Waals surface area (Å²) in [6.45, 7) is 5.66. The number of benzene rings is 1. The smallest absolute Gasteiger partial charge is 0.0393 e. The molecule has 0 heterocycles. The Hall–Kier alpha value is -0.980. The van der Waals surface area contributed by atoms with Crippen molar-refractivity contribution in [3.8, 4) is 0 Å². The highest BCUT2D eigenvalue weighted by molar-refractivity contribution is 5.52. The van der Waals surface area contributed by atoms with Gasteiger partial charge in [0.15, 0.2) is 0 Å². The van der Waals surface area contributed by atoms with Gasteiger partial charge in [-0.1, -0.05) is 76.5 Å². The van der Waals surface area contributed by atoms with Crippen molar-refractivity contribution in [1.29, 1.82) is 0 Å². The van der Waals surface area contributed by atoms with Gasteiger partial charge in [0, 0.05) is 19.3 Å². The maximum atomic E-state index is 2.40. The SMILES string of the molecule is CCCCCCCCCCCN(C)c1ccccc1C. The van der Waals surface area contributed by atoms with Crippen LogP contribution in [0.25, 0.3) is 0 Å². The minimum atomic E-state index is 1.18. The van der Waals surface area contributed by atoms with Crippen molar-refractivity contribution in [3.63, 3.8) is 0 Å². The van der Waals surface area contributed by atoms with Crippen LogP contribution in [0.3, 0.4) is 0 Å². The van der Waals surface area contributed by atoms with Crippen molar-refractivity contribution in [1.82, 2.24) is 0 Å². The van der Waals surface area contributed by atoms with Gasteiger partial charge in [0.1, 0.15) is 0 Å². The van der Waals surface area contributed by atoms with Gasteiger partial charge in [0.25, 0.3) is 0 Å². The van der Waals surface area contributed by atoms with Gasteiger partial charge >= 0.3 is 0 Å². The molecule has 0 saturated heterocycles. The quantitative estimate of drug-likeness (QED) is 0.450. The first kappa shape index (κ1) is 17.1. The molecule has 0 aliphatic carbocycles. The lowest BCUT2D eigenvalue weighted by molar-refractivity contribution is 0.564. The molecule has 1 aromatic carbocycles. The second kappa shape index (κ2) is 10.8. The van der Waals surface area contributed by atoms with E-state index in [2.05, 4.69) is 50.1 Å². The predicted octanol–water partition coefficient (Wildman–Crippen LogP) is 5.96. The molecule has 0 aliphatic heterocycles. The van der Waals surface area contributed by atoms with E-state index in [0.29, 0.717) is 0 Å². The topological polar surface area (TPSA) is 3.24 Å². The second-order valence-corrected chi connectivity index (χ2v) is 6.04. The van der Waals surface area contributed by atoms with Crippen LogP contribution in [0.1, 0.15) is 70.3 Å². The van der Waals surface area contributed by atoms with Gasteiger partial charge in [-0.3, -0.25) is 0 Å². The summed E-state index contributed by atoms with van der Waals surface area (Å²) in [7, 11) is 2.22. The Morgan fingerprint density at radius 2 is 1.35 bits per heavy atom. The Morgan fingerprint density at radius 3 is 1.95 bits per heavy atom. The van der Waals surface area contributed by atoms with Crippen LogP contribution in [0.15, 0.2) is 24.3 Å². The molecule has 1 rings (SSSR count). The fourth-order valence-electron chi connectivity index (χ4n) is 2.77. The van der Waals surface area contributed by atoms with Gasteiger partial charge in [-0.25, -0.2) is 0 Å². The molecule has 0 atom stereocenters. The fourth-order valence-corrected chi connectivity index (χ4v) is 2.77. The predicted molar refractivity (Wildman–Crippen MR) is 91.7 cm³/mol. The molecular formula is C19H33N. The van der Waals surface area contributed by atoms with E-state index in [1.165, 1.54) is 75.6 Å². The molecule has 1 aromatic rings. The third-order valence-corrected chi connectivity index (χ3v) is 4.12. The highest BCUT2D eigenvalue weighted by Gasteiger charge is 2.02. The normalized spacial score (nSPS) is 10.8. The fraction of sp³-hybridized carbons (Fsp3) is 0.684. The van der Waals surface area contributed by atoms with E-state index in [-0.39, 0.29) is 0 Å². The summed E-state index contributed by atoms with van der Waals surface area (Å²) in [5.41, 5.74) is 2.76. The number of hydrogen-bond acceptors (Lipinski definition) is 1. The lowest BCUT2D eigenvalue weighted by Crippen LogP contribution is -2.19. The molecule has 0 saturated carbocycles. The molecule has 0 unspecified atom stereocenters. The van der Waals surface area contributed by atoms with Crippen LogP contribution >= 0.6 is 0 Å². The van der Waals surface area contributed by atoms with Gasteiger partial charge in [0.05, 0.1) is 0 Å². The lowest BCUT2D eigenvalue weighted by atomic mass is 10.1. The molecule has 0 fully saturated rings. The maximum absolute atomic E-state index is 2.40. The lowest BCUT2D eigenvalue weighted by Gasteiger charge is -2.21. The zero-order valence-electron chi connectivity index (χ0n) is 13.8. The van der Waals surface area contributed by atoms with Crippen LogP contribution in [-0.4, -0.2) is 13.6 Å². The molecule has 0 bridgehead atoms. The number of para-hydroxylation sites is 1. The van der Waals surface area contributed by atoms with Crippen molar-refractivity contribution >= 4 is 5.69 Å². The van der Waals surface area contributed by atoms with Crippen LogP contribution in [0.4, 0.5) is 5.69 Å². The first-order valence-corrected chi connectivity index (χ1v) is 8.52. The molecular weight excluding hydrogens is 242 g/mol. The summed E-state index contributed by atoms with van der Waals surface area (Å²) < 4.78 is 0. The van der Waals surface area contributed by atoms with E-state index in [0.717, 1.165) is 0 Å². The summed E-state index contributed by atoms with van der Waals surface area (Å²) in [6, 6.07) is 8.67. The summed E-state index contributed by atoms with van der Waals surface area (Å²) >= 11 is 0. The molecule has 1 nitrogen and oxygen atoms in total. The number of anilines is 1. The summed E-state index contributed by atoms with van der Waals surface area (Å²) in [5, 5.41) is 0. The average molecular weight is 275 g/mol. The number of rotatable bonds is 11. The first-order chi connectivity index (χ1) is 9.75. The Kier molecular flexibility index (Phi) is 9.19. The molecule has 20 heavy (non-hydrogen) atoms. The molecule has 0 spiro atoms. The van der Waals surface area contributed by atoms with Crippen molar-refractivity contribution in [2.24, 2.45) is 0 Å². The number of nitrogens with zero attached hydrogens (tertiary/aromatic N) is 1. The highest BCUT2D eigenvalue weighted by Crippen LogP contribution is 2.18. The minimum Gasteiger partial charge on any atom is -0.374 e. The Balaban J connectivity index is 2.03. The molecule has 1 heteroatoms. The van der Waals surface area contributed by atoms with Gasteiger partial charge in [0.2, 0.25) is 0 Å². The molecule has 0 radical (unpaired) electrons. The summed E-state index contributed by atoms with van der Waals surface area (Å²) in [5.74, 6) is 0. The van der Waals surface area contributed by atoms with Crippen LogP contribution in [0.5, 0.6) is 0 Å². The van der Waals surface area contributed by atoms with Crippen molar-refractivity contribution in [2.75, 3.05) is 18.5 Å². The van der Waals surface area contributed by atoms with E-state index in [1.807, 2.05) is 0 Å². The number of hydrogen-bond donors (Lipinski definition) is 0. The Bertz CT molecular complexity index is 345. The van der Waals surface area contributed by atoms with Gasteiger partial charge in [-0.05, 0) is 25.0 Å². The standard InChI is InChI=1S/C19H33N/c1-4-5-6-7-8-9-10-11-14-17-20(3)19-16-13-12-15-18(19)2/h12-13,15-16H,4-11,14,17H2,1-3H3. The van der Waals surface area contributed by atoms with E-state index in [9.17, 15) is 0 Å². The molecule has 0 amide bonds. The van der Waals surface area contributed by atoms with Gasteiger partial charge in [-0.15, -0.1) is 0 Å². The Morgan fingerprint density at radius 1 is 0.800 bits per heavy atom. The Labute approximate surface area is 126 Å². The van der Waals surface area contributed by atoms with Crippen molar-refractivity contribution in [2.45, 2.75) is 71.6 Å². The minimum absolute atomic E-state index is 1.18. The molecule has 114 valence electrons. The second-order valence-electron chi connectivity index (χ2n) is 6.04. The van der Waals surface area contributed by atoms with Crippen molar-refractivity contribution in [3.05, 3.63) is 29.8 Å². The largest absolute Gasteiger partial charge is 0.374 e. The molecule has 0 aromatic heterocycles.